The summed E-state index contributed by atoms with van der Waals surface area (Å²) in [5.74, 6) is 0.713. The average molecular weight is 295 g/mol. The Balaban J connectivity index is 2.06. The van der Waals surface area contributed by atoms with Gasteiger partial charge in [0.15, 0.2) is 5.78 Å². The highest BCUT2D eigenvalue weighted by Crippen LogP contribution is 2.22. The fourth-order valence-corrected chi connectivity index (χ4v) is 1.97. The average Bonchev–Trinajstić information content (AvgIpc) is 2.40. The van der Waals surface area contributed by atoms with Crippen molar-refractivity contribution in [1.82, 2.24) is 0 Å². The second kappa shape index (κ2) is 6.09. The van der Waals surface area contributed by atoms with Crippen LogP contribution >= 0.6 is 23.2 Å². The molecule has 0 saturated heterocycles. The number of hydrogen-bond acceptors (Lipinski definition) is 2. The third-order valence-electron chi connectivity index (χ3n) is 2.66. The molecule has 0 aromatic heterocycles. The lowest BCUT2D eigenvalue weighted by atomic mass is 10.1. The van der Waals surface area contributed by atoms with Crippen molar-refractivity contribution in [2.24, 2.45) is 0 Å². The van der Waals surface area contributed by atoms with Gasteiger partial charge in [0, 0.05) is 21.2 Å². The van der Waals surface area contributed by atoms with E-state index in [1.807, 2.05) is 0 Å². The Bertz CT molecular complexity index is 592. The zero-order chi connectivity index (χ0) is 13.8. The van der Waals surface area contributed by atoms with Crippen LogP contribution in [0.25, 0.3) is 0 Å². The van der Waals surface area contributed by atoms with Crippen molar-refractivity contribution in [2.45, 2.75) is 13.5 Å². The van der Waals surface area contributed by atoms with E-state index in [-0.39, 0.29) is 5.78 Å². The van der Waals surface area contributed by atoms with Crippen LogP contribution in [0.1, 0.15) is 22.8 Å². The molecular formula is C15H12Cl2O2. The molecule has 2 rings (SSSR count). The van der Waals surface area contributed by atoms with Crippen LogP contribution in [-0.2, 0) is 6.61 Å². The Morgan fingerprint density at radius 1 is 1.11 bits per heavy atom. The number of ketones is 1. The predicted octanol–water partition coefficient (Wildman–Crippen LogP) is 4.78. The van der Waals surface area contributed by atoms with Crippen LogP contribution in [0.2, 0.25) is 10.0 Å². The van der Waals surface area contributed by atoms with Crippen molar-refractivity contribution in [2.75, 3.05) is 0 Å². The summed E-state index contributed by atoms with van der Waals surface area (Å²) in [6.45, 7) is 1.86. The van der Waals surface area contributed by atoms with E-state index >= 15 is 0 Å². The van der Waals surface area contributed by atoms with Gasteiger partial charge in [0.1, 0.15) is 12.4 Å². The Morgan fingerprint density at radius 2 is 1.79 bits per heavy atom. The fourth-order valence-electron chi connectivity index (χ4n) is 1.60. The molecule has 0 fully saturated rings. The van der Waals surface area contributed by atoms with Crippen molar-refractivity contribution < 1.29 is 9.53 Å². The summed E-state index contributed by atoms with van der Waals surface area (Å²) in [4.78, 5) is 11.1. The summed E-state index contributed by atoms with van der Waals surface area (Å²) in [6.07, 6.45) is 0. The Morgan fingerprint density at radius 3 is 2.42 bits per heavy atom. The molecule has 98 valence electrons. The van der Waals surface area contributed by atoms with Crippen molar-refractivity contribution in [3.63, 3.8) is 0 Å². The molecule has 0 aliphatic rings. The highest BCUT2D eigenvalue weighted by atomic mass is 35.5. The van der Waals surface area contributed by atoms with E-state index < -0.39 is 0 Å². The number of hydrogen-bond donors (Lipinski definition) is 0. The van der Waals surface area contributed by atoms with Gasteiger partial charge in [-0.25, -0.2) is 0 Å². The van der Waals surface area contributed by atoms with Crippen LogP contribution < -0.4 is 4.74 Å². The largest absolute Gasteiger partial charge is 0.489 e. The molecule has 0 bridgehead atoms. The molecule has 2 aromatic rings. The molecule has 0 aliphatic carbocycles. The lowest BCUT2D eigenvalue weighted by Gasteiger charge is -2.08. The lowest BCUT2D eigenvalue weighted by Crippen LogP contribution is -1.97. The maximum absolute atomic E-state index is 11.1. The topological polar surface area (TPSA) is 26.3 Å². The van der Waals surface area contributed by atoms with Gasteiger partial charge in [-0.1, -0.05) is 23.2 Å². The SMILES string of the molecule is CC(=O)c1ccc(OCc2cc(Cl)ccc2Cl)cc1. The second-order valence-corrected chi connectivity index (χ2v) is 4.95. The van der Waals surface area contributed by atoms with Crippen molar-refractivity contribution >= 4 is 29.0 Å². The van der Waals surface area contributed by atoms with Gasteiger partial charge in [0.25, 0.3) is 0 Å². The number of ether oxygens (including phenoxy) is 1. The van der Waals surface area contributed by atoms with E-state index in [2.05, 4.69) is 0 Å². The van der Waals surface area contributed by atoms with Crippen molar-refractivity contribution in [3.05, 3.63) is 63.6 Å². The Kier molecular flexibility index (Phi) is 4.46. The van der Waals surface area contributed by atoms with Gasteiger partial charge in [-0.15, -0.1) is 0 Å². The maximum atomic E-state index is 11.1. The van der Waals surface area contributed by atoms with Crippen molar-refractivity contribution in [3.8, 4) is 5.75 Å². The molecule has 0 spiro atoms. The first-order chi connectivity index (χ1) is 9.06. The number of carbonyl (C=O) groups excluding carboxylic acids is 1. The van der Waals surface area contributed by atoms with E-state index in [9.17, 15) is 4.79 Å². The molecule has 19 heavy (non-hydrogen) atoms. The van der Waals surface area contributed by atoms with Crippen LogP contribution in [0.5, 0.6) is 5.75 Å². The minimum absolute atomic E-state index is 0.0319. The van der Waals surface area contributed by atoms with Crippen LogP contribution in [0.3, 0.4) is 0 Å². The molecular weight excluding hydrogens is 283 g/mol. The third kappa shape index (κ3) is 3.72. The molecule has 0 atom stereocenters. The van der Waals surface area contributed by atoms with Crippen LogP contribution in [0, 0.1) is 0 Å². The summed E-state index contributed by atoms with van der Waals surface area (Å²) < 4.78 is 5.61. The molecule has 0 heterocycles. The van der Waals surface area contributed by atoms with E-state index in [0.717, 1.165) is 5.56 Å². The summed E-state index contributed by atoms with van der Waals surface area (Å²) in [5.41, 5.74) is 1.48. The molecule has 2 nitrogen and oxygen atoms in total. The number of halogens is 2. The number of Topliss-reactive ketones (excluding diaryl/α,β-unsaturated/α-hetero) is 1. The van der Waals surface area contributed by atoms with Gasteiger partial charge in [-0.2, -0.15) is 0 Å². The van der Waals surface area contributed by atoms with Crippen LogP contribution in [-0.4, -0.2) is 5.78 Å². The molecule has 4 heteroatoms. The van der Waals surface area contributed by atoms with Crippen LogP contribution in [0.15, 0.2) is 42.5 Å². The first kappa shape index (κ1) is 13.9. The molecule has 0 saturated carbocycles. The maximum Gasteiger partial charge on any atom is 0.159 e. The summed E-state index contributed by atoms with van der Waals surface area (Å²) >= 11 is 11.9. The van der Waals surface area contributed by atoms with Crippen molar-refractivity contribution in [1.29, 1.82) is 0 Å². The van der Waals surface area contributed by atoms with Gasteiger partial charge in [0.2, 0.25) is 0 Å². The Hall–Kier alpha value is -1.51. The van der Waals surface area contributed by atoms with Gasteiger partial charge < -0.3 is 4.74 Å². The minimum Gasteiger partial charge on any atom is -0.489 e. The van der Waals surface area contributed by atoms with Gasteiger partial charge in [-0.05, 0) is 49.4 Å². The van der Waals surface area contributed by atoms with E-state index in [1.54, 1.807) is 42.5 Å². The van der Waals surface area contributed by atoms with E-state index in [4.69, 9.17) is 27.9 Å². The molecule has 0 aliphatic heterocycles. The second-order valence-electron chi connectivity index (χ2n) is 4.10. The zero-order valence-corrected chi connectivity index (χ0v) is 11.8. The normalized spacial score (nSPS) is 10.3. The molecule has 2 aromatic carbocycles. The summed E-state index contributed by atoms with van der Waals surface area (Å²) in [6, 6.07) is 12.2. The van der Waals surface area contributed by atoms with Gasteiger partial charge in [0.05, 0.1) is 0 Å². The number of carbonyl (C=O) groups is 1. The monoisotopic (exact) mass is 294 g/mol. The number of rotatable bonds is 4. The molecule has 0 N–H and O–H groups in total. The molecule has 0 radical (unpaired) electrons. The van der Waals surface area contributed by atoms with E-state index in [1.165, 1.54) is 6.92 Å². The van der Waals surface area contributed by atoms with Gasteiger partial charge >= 0.3 is 0 Å². The summed E-state index contributed by atoms with van der Waals surface area (Å²) in [7, 11) is 0. The molecule has 0 unspecified atom stereocenters. The third-order valence-corrected chi connectivity index (χ3v) is 3.27. The quantitative estimate of drug-likeness (QED) is 0.759. The first-order valence-corrected chi connectivity index (χ1v) is 6.49. The highest BCUT2D eigenvalue weighted by Gasteiger charge is 2.04. The smallest absolute Gasteiger partial charge is 0.159 e. The highest BCUT2D eigenvalue weighted by molar-refractivity contribution is 6.33. The first-order valence-electron chi connectivity index (χ1n) is 5.74. The minimum atomic E-state index is 0.0319. The summed E-state index contributed by atoms with van der Waals surface area (Å²) in [5, 5.41) is 1.24. The molecule has 0 amide bonds. The zero-order valence-electron chi connectivity index (χ0n) is 10.3. The van der Waals surface area contributed by atoms with E-state index in [0.29, 0.717) is 28.0 Å². The standard InChI is InChI=1S/C15H12Cl2O2/c1-10(18)11-2-5-14(6-3-11)19-9-12-8-13(16)4-7-15(12)17/h2-8H,9H2,1H3. The van der Waals surface area contributed by atoms with Gasteiger partial charge in [-0.3, -0.25) is 4.79 Å². The lowest BCUT2D eigenvalue weighted by molar-refractivity contribution is 0.101. The predicted molar refractivity (Wildman–Crippen MR) is 77.2 cm³/mol. The van der Waals surface area contributed by atoms with Crippen LogP contribution in [0.4, 0.5) is 0 Å². The number of benzene rings is 2. The fraction of sp³-hybridized carbons (Fsp3) is 0.133. The Labute approximate surface area is 121 Å².